The lowest BCUT2D eigenvalue weighted by molar-refractivity contribution is -0.144. The molecular weight excluding hydrogens is 294 g/mol. The number of methoxy groups -OCH3 is 1. The highest BCUT2D eigenvalue weighted by molar-refractivity contribution is 7.16. The van der Waals surface area contributed by atoms with Crippen LogP contribution >= 0.6 is 22.9 Å². The van der Waals surface area contributed by atoms with Gasteiger partial charge in [0.15, 0.2) is 0 Å². The molecule has 1 aromatic rings. The van der Waals surface area contributed by atoms with Crippen molar-refractivity contribution in [3.05, 3.63) is 20.8 Å². The number of nitrogens with one attached hydrogen (secondary N) is 1. The predicted octanol–water partition coefficient (Wildman–Crippen LogP) is 3.96. The average molecular weight is 316 g/mol. The molecule has 20 heavy (non-hydrogen) atoms. The Labute approximate surface area is 129 Å². The average Bonchev–Trinajstić information content (AvgIpc) is 2.84. The van der Waals surface area contributed by atoms with Crippen molar-refractivity contribution >= 4 is 28.9 Å². The van der Waals surface area contributed by atoms with Crippen LogP contribution in [0, 0.1) is 5.92 Å². The molecule has 3 atom stereocenters. The molecule has 0 spiro atoms. The van der Waals surface area contributed by atoms with Crippen molar-refractivity contribution in [3.8, 4) is 0 Å². The SMILES string of the molecule is CCC(C)C(NC1CCCc2sc(Cl)cc21)C(=O)OC. The maximum atomic E-state index is 12.0. The van der Waals surface area contributed by atoms with Gasteiger partial charge < -0.3 is 4.74 Å². The summed E-state index contributed by atoms with van der Waals surface area (Å²) >= 11 is 7.79. The summed E-state index contributed by atoms with van der Waals surface area (Å²) in [6.45, 7) is 4.18. The molecule has 0 aliphatic heterocycles. The third-order valence-corrected chi connectivity index (χ3v) is 5.47. The van der Waals surface area contributed by atoms with Gasteiger partial charge in [0.2, 0.25) is 0 Å². The van der Waals surface area contributed by atoms with Crippen LogP contribution in [0.2, 0.25) is 4.34 Å². The molecule has 0 aromatic carbocycles. The molecule has 1 aliphatic rings. The number of hydrogen-bond donors (Lipinski definition) is 1. The largest absolute Gasteiger partial charge is 0.468 e. The minimum atomic E-state index is -0.250. The Kier molecular flexibility index (Phi) is 5.47. The van der Waals surface area contributed by atoms with E-state index < -0.39 is 0 Å². The highest BCUT2D eigenvalue weighted by Crippen LogP contribution is 2.38. The van der Waals surface area contributed by atoms with Crippen molar-refractivity contribution in [2.24, 2.45) is 5.92 Å². The van der Waals surface area contributed by atoms with Crippen LogP contribution < -0.4 is 5.32 Å². The zero-order valence-corrected chi connectivity index (χ0v) is 13.8. The zero-order valence-electron chi connectivity index (χ0n) is 12.2. The fraction of sp³-hybridized carbons (Fsp3) is 0.667. The highest BCUT2D eigenvalue weighted by atomic mass is 35.5. The van der Waals surface area contributed by atoms with Gasteiger partial charge in [-0.05, 0) is 36.8 Å². The summed E-state index contributed by atoms with van der Waals surface area (Å²) in [6, 6.07) is 2.00. The van der Waals surface area contributed by atoms with Gasteiger partial charge in [-0.15, -0.1) is 11.3 Å². The maximum absolute atomic E-state index is 12.0. The monoisotopic (exact) mass is 315 g/mol. The van der Waals surface area contributed by atoms with E-state index in [1.165, 1.54) is 17.6 Å². The molecule has 0 bridgehead atoms. The van der Waals surface area contributed by atoms with E-state index in [1.54, 1.807) is 11.3 Å². The van der Waals surface area contributed by atoms with Gasteiger partial charge in [-0.2, -0.15) is 0 Å². The van der Waals surface area contributed by atoms with Gasteiger partial charge >= 0.3 is 5.97 Å². The fourth-order valence-electron chi connectivity index (χ4n) is 2.74. The topological polar surface area (TPSA) is 38.3 Å². The minimum Gasteiger partial charge on any atom is -0.468 e. The molecule has 0 radical (unpaired) electrons. The first kappa shape index (κ1) is 15.8. The van der Waals surface area contributed by atoms with E-state index in [9.17, 15) is 4.79 Å². The fourth-order valence-corrected chi connectivity index (χ4v) is 4.12. The maximum Gasteiger partial charge on any atom is 0.323 e. The molecular formula is C15H22ClNO2S. The quantitative estimate of drug-likeness (QED) is 0.836. The molecule has 0 amide bonds. The van der Waals surface area contributed by atoms with Crippen LogP contribution in [0.3, 0.4) is 0 Å². The molecule has 3 nitrogen and oxygen atoms in total. The van der Waals surface area contributed by atoms with Crippen molar-refractivity contribution in [1.82, 2.24) is 5.32 Å². The van der Waals surface area contributed by atoms with E-state index >= 15 is 0 Å². The van der Waals surface area contributed by atoms with Crippen LogP contribution in [-0.2, 0) is 16.0 Å². The van der Waals surface area contributed by atoms with E-state index in [4.69, 9.17) is 16.3 Å². The number of carbonyl (C=O) groups is 1. The summed E-state index contributed by atoms with van der Waals surface area (Å²) in [5.41, 5.74) is 1.27. The normalized spacial score (nSPS) is 21.1. The number of esters is 1. The van der Waals surface area contributed by atoms with Crippen molar-refractivity contribution in [2.75, 3.05) is 7.11 Å². The Morgan fingerprint density at radius 2 is 2.40 bits per heavy atom. The highest BCUT2D eigenvalue weighted by Gasteiger charge is 2.30. The van der Waals surface area contributed by atoms with Crippen LogP contribution in [0.15, 0.2) is 6.07 Å². The molecule has 0 fully saturated rings. The van der Waals surface area contributed by atoms with E-state index in [1.807, 2.05) is 6.07 Å². The summed E-state index contributed by atoms with van der Waals surface area (Å²) in [6.07, 6.45) is 4.22. The van der Waals surface area contributed by atoms with Gasteiger partial charge in [0.1, 0.15) is 6.04 Å². The van der Waals surface area contributed by atoms with Crippen molar-refractivity contribution < 1.29 is 9.53 Å². The molecule has 5 heteroatoms. The van der Waals surface area contributed by atoms with E-state index in [0.717, 1.165) is 30.0 Å². The number of fused-ring (bicyclic) bond motifs is 1. The Bertz CT molecular complexity index is 474. The van der Waals surface area contributed by atoms with Gasteiger partial charge in [0.05, 0.1) is 11.4 Å². The summed E-state index contributed by atoms with van der Waals surface area (Å²) in [7, 11) is 1.45. The van der Waals surface area contributed by atoms with Crippen LogP contribution in [0.5, 0.6) is 0 Å². The first-order valence-corrected chi connectivity index (χ1v) is 8.38. The molecule has 0 saturated carbocycles. The molecule has 1 N–H and O–H groups in total. The Morgan fingerprint density at radius 3 is 3.05 bits per heavy atom. The number of aryl methyl sites for hydroxylation is 1. The van der Waals surface area contributed by atoms with Crippen LogP contribution in [-0.4, -0.2) is 19.1 Å². The second-order valence-electron chi connectivity index (χ2n) is 5.43. The molecule has 1 aromatic heterocycles. The van der Waals surface area contributed by atoms with Crippen molar-refractivity contribution in [3.63, 3.8) is 0 Å². The number of thiophene rings is 1. The predicted molar refractivity (Wildman–Crippen MR) is 83.4 cm³/mol. The van der Waals surface area contributed by atoms with Gasteiger partial charge in [-0.3, -0.25) is 10.1 Å². The lowest BCUT2D eigenvalue weighted by Crippen LogP contribution is -2.44. The summed E-state index contributed by atoms with van der Waals surface area (Å²) in [5, 5.41) is 3.50. The van der Waals surface area contributed by atoms with Gasteiger partial charge in [-0.1, -0.05) is 31.9 Å². The summed E-state index contributed by atoms with van der Waals surface area (Å²) in [4.78, 5) is 13.3. The second-order valence-corrected chi connectivity index (χ2v) is 7.19. The smallest absolute Gasteiger partial charge is 0.323 e. The Morgan fingerprint density at radius 1 is 1.65 bits per heavy atom. The van der Waals surface area contributed by atoms with Crippen molar-refractivity contribution in [1.29, 1.82) is 0 Å². The van der Waals surface area contributed by atoms with Gasteiger partial charge in [0, 0.05) is 10.9 Å². The summed E-state index contributed by atoms with van der Waals surface area (Å²) in [5.74, 6) is 0.0785. The third kappa shape index (κ3) is 3.35. The lowest BCUT2D eigenvalue weighted by Gasteiger charge is -2.30. The number of halogens is 1. The van der Waals surface area contributed by atoms with Crippen LogP contribution in [0.1, 0.15) is 49.6 Å². The van der Waals surface area contributed by atoms with Crippen molar-refractivity contribution in [2.45, 2.75) is 51.6 Å². The second kappa shape index (κ2) is 6.92. The molecule has 0 saturated heterocycles. The lowest BCUT2D eigenvalue weighted by atomic mass is 9.91. The number of rotatable bonds is 5. The number of ether oxygens (including phenoxy) is 1. The molecule has 1 aliphatic carbocycles. The zero-order chi connectivity index (χ0) is 14.7. The molecule has 112 valence electrons. The molecule has 1 heterocycles. The molecule has 2 rings (SSSR count). The van der Waals surface area contributed by atoms with Crippen LogP contribution in [0.4, 0.5) is 0 Å². The van der Waals surface area contributed by atoms with Gasteiger partial charge in [0.25, 0.3) is 0 Å². The minimum absolute atomic E-state index is 0.173. The van der Waals surface area contributed by atoms with Crippen LogP contribution in [0.25, 0.3) is 0 Å². The number of carbonyl (C=O) groups excluding carboxylic acids is 1. The van der Waals surface area contributed by atoms with Gasteiger partial charge in [-0.25, -0.2) is 0 Å². The first-order chi connectivity index (χ1) is 9.56. The standard InChI is InChI=1S/C15H22ClNO2S/c1-4-9(2)14(15(18)19-3)17-11-6-5-7-12-10(11)8-13(16)20-12/h8-9,11,14,17H,4-7H2,1-3H3. The van der Waals surface area contributed by atoms with E-state index in [-0.39, 0.29) is 24.0 Å². The van der Waals surface area contributed by atoms with E-state index in [2.05, 4.69) is 19.2 Å². The van der Waals surface area contributed by atoms with E-state index in [0.29, 0.717) is 0 Å². The number of hydrogen-bond acceptors (Lipinski definition) is 4. The Hall–Kier alpha value is -0.580. The Balaban J connectivity index is 2.17. The summed E-state index contributed by atoms with van der Waals surface area (Å²) < 4.78 is 5.78. The first-order valence-electron chi connectivity index (χ1n) is 7.18. The molecule has 3 unspecified atom stereocenters. The third-order valence-electron chi connectivity index (χ3n) is 4.13.